The van der Waals surface area contributed by atoms with Crippen molar-refractivity contribution in [2.24, 2.45) is 0 Å². The Kier molecular flexibility index (Phi) is 6.39. The standard InChI is InChI=1S/C12H21B/c1-5-6-7-11(4)9-12(13)8-10(2)3/h8-9H,2,5-7,13H2,1,3-4H3/b11-9-,12-8+. The highest BCUT2D eigenvalue weighted by Gasteiger charge is 1.90. The van der Waals surface area contributed by atoms with Gasteiger partial charge < -0.3 is 0 Å². The Morgan fingerprint density at radius 2 is 1.92 bits per heavy atom. The van der Waals surface area contributed by atoms with Gasteiger partial charge in [0.25, 0.3) is 0 Å². The van der Waals surface area contributed by atoms with Crippen LogP contribution in [0.25, 0.3) is 0 Å². The molecule has 0 heterocycles. The highest BCUT2D eigenvalue weighted by Crippen LogP contribution is 2.09. The van der Waals surface area contributed by atoms with Crippen LogP contribution in [0.15, 0.2) is 35.3 Å². The van der Waals surface area contributed by atoms with Gasteiger partial charge in [-0.2, -0.15) is 0 Å². The van der Waals surface area contributed by atoms with E-state index >= 15 is 0 Å². The van der Waals surface area contributed by atoms with E-state index in [0.717, 1.165) is 5.57 Å². The zero-order chi connectivity index (χ0) is 10.3. The predicted molar refractivity (Wildman–Crippen MR) is 64.7 cm³/mol. The first-order chi connectivity index (χ1) is 6.06. The summed E-state index contributed by atoms with van der Waals surface area (Å²) < 4.78 is 0. The van der Waals surface area contributed by atoms with E-state index in [1.54, 1.807) is 0 Å². The maximum Gasteiger partial charge on any atom is 0.139 e. The molecule has 0 N–H and O–H groups in total. The number of hydrogen-bond donors (Lipinski definition) is 0. The van der Waals surface area contributed by atoms with Crippen LogP contribution < -0.4 is 0 Å². The van der Waals surface area contributed by atoms with Crippen LogP contribution in [0.2, 0.25) is 0 Å². The summed E-state index contributed by atoms with van der Waals surface area (Å²) in [6.07, 6.45) is 8.16. The third-order valence-electron chi connectivity index (χ3n) is 1.87. The molecule has 0 aromatic heterocycles. The van der Waals surface area contributed by atoms with Crippen molar-refractivity contribution in [2.45, 2.75) is 40.0 Å². The predicted octanol–water partition coefficient (Wildman–Crippen LogP) is 3.22. The number of allylic oxidation sites excluding steroid dienone is 5. The van der Waals surface area contributed by atoms with Gasteiger partial charge in [0.1, 0.15) is 7.85 Å². The molecule has 0 rings (SSSR count). The molecule has 0 nitrogen and oxygen atoms in total. The van der Waals surface area contributed by atoms with Gasteiger partial charge in [0.05, 0.1) is 0 Å². The van der Waals surface area contributed by atoms with E-state index in [9.17, 15) is 0 Å². The van der Waals surface area contributed by atoms with E-state index in [0.29, 0.717) is 0 Å². The molecule has 0 bridgehead atoms. The van der Waals surface area contributed by atoms with Crippen LogP contribution in [0.5, 0.6) is 0 Å². The average Bonchev–Trinajstić information content (AvgIpc) is 1.98. The lowest BCUT2D eigenvalue weighted by Crippen LogP contribution is -1.82. The Balaban J connectivity index is 4.13. The summed E-state index contributed by atoms with van der Waals surface area (Å²) in [5.41, 5.74) is 3.90. The first-order valence-electron chi connectivity index (χ1n) is 5.07. The van der Waals surface area contributed by atoms with Crippen LogP contribution >= 0.6 is 0 Å². The normalized spacial score (nSPS) is 13.2. The zero-order valence-electron chi connectivity index (χ0n) is 9.48. The fourth-order valence-corrected chi connectivity index (χ4v) is 1.35. The third kappa shape index (κ3) is 7.64. The quantitative estimate of drug-likeness (QED) is 0.445. The molecular weight excluding hydrogens is 155 g/mol. The van der Waals surface area contributed by atoms with Gasteiger partial charge in [0.15, 0.2) is 0 Å². The van der Waals surface area contributed by atoms with Gasteiger partial charge in [-0.05, 0) is 26.7 Å². The van der Waals surface area contributed by atoms with E-state index < -0.39 is 0 Å². The Labute approximate surface area is 83.8 Å². The highest BCUT2D eigenvalue weighted by atomic mass is 13.9. The van der Waals surface area contributed by atoms with Crippen molar-refractivity contribution >= 4 is 7.85 Å². The summed E-state index contributed by atoms with van der Waals surface area (Å²) in [4.78, 5) is 0. The molecule has 0 unspecified atom stereocenters. The SMILES string of the molecule is BC(=C/C(=C)C)/C=C(/C)CCCC. The molecule has 0 saturated carbocycles. The minimum Gasteiger partial charge on any atom is -0.0961 e. The smallest absolute Gasteiger partial charge is 0.0961 e. The second-order valence-corrected chi connectivity index (χ2v) is 3.83. The maximum atomic E-state index is 3.86. The Morgan fingerprint density at radius 3 is 2.38 bits per heavy atom. The van der Waals surface area contributed by atoms with E-state index in [-0.39, 0.29) is 0 Å². The summed E-state index contributed by atoms with van der Waals surface area (Å²) in [7, 11) is 2.13. The molecule has 0 aliphatic carbocycles. The lowest BCUT2D eigenvalue weighted by Gasteiger charge is -2.00. The molecule has 0 aliphatic heterocycles. The van der Waals surface area contributed by atoms with E-state index in [1.165, 1.54) is 30.3 Å². The van der Waals surface area contributed by atoms with Crippen LogP contribution in [-0.2, 0) is 0 Å². The van der Waals surface area contributed by atoms with Crippen LogP contribution in [0, 0.1) is 0 Å². The monoisotopic (exact) mass is 176 g/mol. The molecule has 0 fully saturated rings. The second-order valence-electron chi connectivity index (χ2n) is 3.83. The highest BCUT2D eigenvalue weighted by molar-refractivity contribution is 6.23. The summed E-state index contributed by atoms with van der Waals surface area (Å²) in [6.45, 7) is 10.3. The maximum absolute atomic E-state index is 3.86. The lowest BCUT2D eigenvalue weighted by molar-refractivity contribution is 0.787. The fourth-order valence-electron chi connectivity index (χ4n) is 1.35. The van der Waals surface area contributed by atoms with Crippen molar-refractivity contribution in [1.29, 1.82) is 0 Å². The van der Waals surface area contributed by atoms with Crippen LogP contribution in [0.1, 0.15) is 40.0 Å². The molecule has 1 heteroatoms. The summed E-state index contributed by atoms with van der Waals surface area (Å²) in [5, 5.41) is 0. The van der Waals surface area contributed by atoms with Gasteiger partial charge >= 0.3 is 0 Å². The Bertz CT molecular complexity index is 221. The zero-order valence-corrected chi connectivity index (χ0v) is 9.48. The van der Waals surface area contributed by atoms with Gasteiger partial charge in [-0.1, -0.05) is 48.7 Å². The van der Waals surface area contributed by atoms with Crippen molar-refractivity contribution < 1.29 is 0 Å². The van der Waals surface area contributed by atoms with Gasteiger partial charge in [0, 0.05) is 0 Å². The molecule has 72 valence electrons. The largest absolute Gasteiger partial charge is 0.139 e. The molecule has 0 radical (unpaired) electrons. The second kappa shape index (κ2) is 6.76. The summed E-state index contributed by atoms with van der Waals surface area (Å²) in [5.74, 6) is 0. The number of unbranched alkanes of at least 4 members (excludes halogenated alkanes) is 1. The molecule has 13 heavy (non-hydrogen) atoms. The van der Waals surface area contributed by atoms with Crippen molar-refractivity contribution in [3.05, 3.63) is 35.3 Å². The minimum absolute atomic E-state index is 1.12. The van der Waals surface area contributed by atoms with Crippen molar-refractivity contribution in [2.75, 3.05) is 0 Å². The topological polar surface area (TPSA) is 0 Å². The average molecular weight is 176 g/mol. The first-order valence-corrected chi connectivity index (χ1v) is 5.07. The van der Waals surface area contributed by atoms with Gasteiger partial charge in [-0.25, -0.2) is 0 Å². The Morgan fingerprint density at radius 1 is 1.31 bits per heavy atom. The molecule has 0 aromatic carbocycles. The molecule has 0 aliphatic rings. The van der Waals surface area contributed by atoms with Crippen molar-refractivity contribution in [3.8, 4) is 0 Å². The molecular formula is C12H21B. The van der Waals surface area contributed by atoms with Gasteiger partial charge in [-0.15, -0.1) is 0 Å². The third-order valence-corrected chi connectivity index (χ3v) is 1.87. The molecule has 0 saturated heterocycles. The molecule has 0 amide bonds. The van der Waals surface area contributed by atoms with Gasteiger partial charge in [-0.3, -0.25) is 0 Å². The minimum atomic E-state index is 1.12. The summed E-state index contributed by atoms with van der Waals surface area (Å²) >= 11 is 0. The van der Waals surface area contributed by atoms with Crippen molar-refractivity contribution in [1.82, 2.24) is 0 Å². The molecule has 0 spiro atoms. The van der Waals surface area contributed by atoms with Crippen LogP contribution in [0.3, 0.4) is 0 Å². The van der Waals surface area contributed by atoms with E-state index in [4.69, 9.17) is 0 Å². The van der Waals surface area contributed by atoms with Crippen LogP contribution in [0.4, 0.5) is 0 Å². The molecule has 0 aromatic rings. The number of rotatable bonds is 5. The Hall–Kier alpha value is -0.715. The molecule has 0 atom stereocenters. The number of hydrogen-bond acceptors (Lipinski definition) is 0. The van der Waals surface area contributed by atoms with Crippen LogP contribution in [-0.4, -0.2) is 7.85 Å². The van der Waals surface area contributed by atoms with Crippen molar-refractivity contribution in [3.63, 3.8) is 0 Å². The fraction of sp³-hybridized carbons (Fsp3) is 0.500. The lowest BCUT2D eigenvalue weighted by atomic mass is 9.91. The van der Waals surface area contributed by atoms with E-state index in [2.05, 4.69) is 40.4 Å². The first kappa shape index (κ1) is 12.3. The van der Waals surface area contributed by atoms with Gasteiger partial charge in [0.2, 0.25) is 0 Å². The summed E-state index contributed by atoms with van der Waals surface area (Å²) in [6, 6.07) is 0. The van der Waals surface area contributed by atoms with E-state index in [1.807, 2.05) is 6.92 Å².